The van der Waals surface area contributed by atoms with Crippen LogP contribution < -0.4 is 14.8 Å². The summed E-state index contributed by atoms with van der Waals surface area (Å²) >= 11 is 1.34. The van der Waals surface area contributed by atoms with E-state index < -0.39 is 24.1 Å². The van der Waals surface area contributed by atoms with Crippen LogP contribution in [-0.2, 0) is 25.5 Å². The van der Waals surface area contributed by atoms with E-state index in [0.717, 1.165) is 12.7 Å². The normalized spacial score (nSPS) is 11.3. The number of rotatable bonds is 7. The van der Waals surface area contributed by atoms with E-state index >= 15 is 0 Å². The molecule has 0 spiro atoms. The maximum absolute atomic E-state index is 12.1. The molecule has 28 heavy (non-hydrogen) atoms. The number of ether oxygens (including phenoxy) is 4. The number of esters is 1. The van der Waals surface area contributed by atoms with Gasteiger partial charge in [0.15, 0.2) is 17.6 Å². The average molecular weight is 408 g/mol. The molecule has 10 heteroatoms. The van der Waals surface area contributed by atoms with Crippen molar-refractivity contribution in [2.75, 3.05) is 21.3 Å². The Morgan fingerprint density at radius 3 is 2.57 bits per heavy atom. The standard InChI is InChI=1S/C18H20N2O7S/c1-10(16(22)20-18(23)26-4)27-14(21)8-11-9-28-17(19-11)12-6-5-7-13(24-2)15(12)25-3/h5-7,9-10H,8H2,1-4H3,(H,20,22,23)/t10-/m0/s1. The van der Waals surface area contributed by atoms with Gasteiger partial charge in [0.25, 0.3) is 5.91 Å². The molecule has 1 aromatic heterocycles. The van der Waals surface area contributed by atoms with Crippen LogP contribution in [0.4, 0.5) is 4.79 Å². The summed E-state index contributed by atoms with van der Waals surface area (Å²) in [5, 5.41) is 4.30. The SMILES string of the molecule is COC(=O)NC(=O)[C@H](C)OC(=O)Cc1csc(-c2cccc(OC)c2OC)n1. The highest BCUT2D eigenvalue weighted by molar-refractivity contribution is 7.13. The lowest BCUT2D eigenvalue weighted by molar-refractivity contribution is -0.154. The van der Waals surface area contributed by atoms with E-state index in [1.807, 2.05) is 17.4 Å². The van der Waals surface area contributed by atoms with Gasteiger partial charge in [-0.1, -0.05) is 6.07 Å². The fourth-order valence-electron chi connectivity index (χ4n) is 2.26. The molecule has 1 aromatic carbocycles. The molecular weight excluding hydrogens is 388 g/mol. The number of carbonyl (C=O) groups excluding carboxylic acids is 3. The average Bonchev–Trinajstić information content (AvgIpc) is 3.14. The number of methoxy groups -OCH3 is 3. The Labute approximate surface area is 165 Å². The minimum absolute atomic E-state index is 0.126. The Morgan fingerprint density at radius 1 is 1.18 bits per heavy atom. The quantitative estimate of drug-likeness (QED) is 0.694. The minimum atomic E-state index is -1.15. The number of imide groups is 1. The second kappa shape index (κ2) is 9.70. The molecule has 0 unspecified atom stereocenters. The number of benzene rings is 1. The van der Waals surface area contributed by atoms with Gasteiger partial charge in [-0.25, -0.2) is 9.78 Å². The van der Waals surface area contributed by atoms with Crippen molar-refractivity contribution in [1.29, 1.82) is 0 Å². The van der Waals surface area contributed by atoms with Crippen molar-refractivity contribution in [3.63, 3.8) is 0 Å². The molecule has 0 radical (unpaired) electrons. The lowest BCUT2D eigenvalue weighted by Crippen LogP contribution is -2.39. The summed E-state index contributed by atoms with van der Waals surface area (Å²) in [7, 11) is 4.20. The van der Waals surface area contributed by atoms with E-state index in [9.17, 15) is 14.4 Å². The largest absolute Gasteiger partial charge is 0.493 e. The van der Waals surface area contributed by atoms with E-state index in [4.69, 9.17) is 14.2 Å². The van der Waals surface area contributed by atoms with Crippen LogP contribution in [0.15, 0.2) is 23.6 Å². The number of nitrogens with zero attached hydrogens (tertiary/aromatic N) is 1. The Balaban J connectivity index is 2.04. The molecule has 1 N–H and O–H groups in total. The number of thiazole rings is 1. The Bertz CT molecular complexity index is 865. The van der Waals surface area contributed by atoms with Crippen LogP contribution in [0.5, 0.6) is 11.5 Å². The summed E-state index contributed by atoms with van der Waals surface area (Å²) in [5.74, 6) is -0.314. The minimum Gasteiger partial charge on any atom is -0.493 e. The van der Waals surface area contributed by atoms with Gasteiger partial charge in [-0.3, -0.25) is 14.9 Å². The number of hydrogen-bond donors (Lipinski definition) is 1. The van der Waals surface area contributed by atoms with Crippen LogP contribution in [0, 0.1) is 0 Å². The first-order valence-electron chi connectivity index (χ1n) is 8.13. The van der Waals surface area contributed by atoms with E-state index in [1.165, 1.54) is 25.4 Å². The number of amides is 2. The number of carbonyl (C=O) groups is 3. The second-order valence-electron chi connectivity index (χ2n) is 5.47. The Hall–Kier alpha value is -3.14. The van der Waals surface area contributed by atoms with Gasteiger partial charge in [-0.15, -0.1) is 11.3 Å². The molecule has 0 saturated heterocycles. The van der Waals surface area contributed by atoms with Crippen molar-refractivity contribution in [3.8, 4) is 22.1 Å². The molecule has 150 valence electrons. The Kier molecular flexibility index (Phi) is 7.33. The summed E-state index contributed by atoms with van der Waals surface area (Å²) in [6.07, 6.45) is -2.20. The van der Waals surface area contributed by atoms with Gasteiger partial charge in [0, 0.05) is 5.38 Å². The first-order valence-corrected chi connectivity index (χ1v) is 9.01. The van der Waals surface area contributed by atoms with Crippen molar-refractivity contribution in [2.45, 2.75) is 19.4 Å². The predicted molar refractivity (Wildman–Crippen MR) is 100 cm³/mol. The van der Waals surface area contributed by atoms with Gasteiger partial charge in [-0.05, 0) is 19.1 Å². The first-order chi connectivity index (χ1) is 13.4. The van der Waals surface area contributed by atoms with Crippen LogP contribution in [-0.4, -0.2) is 50.4 Å². The summed E-state index contributed by atoms with van der Waals surface area (Å²) in [6, 6.07) is 5.42. The molecule has 0 bridgehead atoms. The van der Waals surface area contributed by atoms with Crippen molar-refractivity contribution in [1.82, 2.24) is 10.3 Å². The van der Waals surface area contributed by atoms with Crippen molar-refractivity contribution in [2.24, 2.45) is 0 Å². The van der Waals surface area contributed by atoms with E-state index in [0.29, 0.717) is 22.2 Å². The molecule has 1 heterocycles. The molecule has 0 aliphatic heterocycles. The van der Waals surface area contributed by atoms with Crippen LogP contribution in [0.25, 0.3) is 10.6 Å². The zero-order valence-electron chi connectivity index (χ0n) is 15.8. The maximum Gasteiger partial charge on any atom is 0.413 e. The van der Waals surface area contributed by atoms with Gasteiger partial charge >= 0.3 is 12.1 Å². The zero-order chi connectivity index (χ0) is 20.7. The van der Waals surface area contributed by atoms with Crippen LogP contribution >= 0.6 is 11.3 Å². The number of alkyl carbamates (subject to hydrolysis) is 1. The highest BCUT2D eigenvalue weighted by Crippen LogP contribution is 2.38. The number of para-hydroxylation sites is 1. The molecule has 2 aromatic rings. The number of nitrogens with one attached hydrogen (secondary N) is 1. The summed E-state index contributed by atoms with van der Waals surface area (Å²) in [4.78, 5) is 39.2. The van der Waals surface area contributed by atoms with E-state index in [1.54, 1.807) is 18.6 Å². The third kappa shape index (κ3) is 5.19. The number of aromatic nitrogens is 1. The lowest BCUT2D eigenvalue weighted by Gasteiger charge is -2.12. The van der Waals surface area contributed by atoms with Crippen molar-refractivity contribution in [3.05, 3.63) is 29.3 Å². The summed E-state index contributed by atoms with van der Waals surface area (Å²) < 4.78 is 20.0. The number of hydrogen-bond acceptors (Lipinski definition) is 9. The molecular formula is C18H20N2O7S. The fraction of sp³-hybridized carbons (Fsp3) is 0.333. The van der Waals surface area contributed by atoms with E-state index in [-0.39, 0.29) is 6.42 Å². The van der Waals surface area contributed by atoms with Crippen LogP contribution in [0.2, 0.25) is 0 Å². The van der Waals surface area contributed by atoms with Crippen molar-refractivity contribution < 1.29 is 33.3 Å². The lowest BCUT2D eigenvalue weighted by atomic mass is 10.2. The second-order valence-corrected chi connectivity index (χ2v) is 6.33. The molecule has 2 amide bonds. The molecule has 2 rings (SSSR count). The summed E-state index contributed by atoms with van der Waals surface area (Å²) in [6.45, 7) is 1.35. The predicted octanol–water partition coefficient (Wildman–Crippen LogP) is 2.18. The first kappa shape index (κ1) is 21.2. The zero-order valence-corrected chi connectivity index (χ0v) is 16.6. The highest BCUT2D eigenvalue weighted by atomic mass is 32.1. The van der Waals surface area contributed by atoms with Gasteiger partial charge in [0.1, 0.15) is 5.01 Å². The van der Waals surface area contributed by atoms with Crippen LogP contribution in [0.1, 0.15) is 12.6 Å². The molecule has 0 saturated carbocycles. The van der Waals surface area contributed by atoms with E-state index in [2.05, 4.69) is 9.72 Å². The Morgan fingerprint density at radius 2 is 1.93 bits per heavy atom. The van der Waals surface area contributed by atoms with Crippen LogP contribution in [0.3, 0.4) is 0 Å². The third-order valence-electron chi connectivity index (χ3n) is 3.60. The topological polar surface area (TPSA) is 113 Å². The van der Waals surface area contributed by atoms with Gasteiger partial charge < -0.3 is 18.9 Å². The molecule has 0 aliphatic carbocycles. The van der Waals surface area contributed by atoms with Gasteiger partial charge in [0.05, 0.1) is 39.0 Å². The monoisotopic (exact) mass is 408 g/mol. The molecule has 9 nitrogen and oxygen atoms in total. The fourth-order valence-corrected chi connectivity index (χ4v) is 3.10. The van der Waals surface area contributed by atoms with Crippen molar-refractivity contribution >= 4 is 29.3 Å². The van der Waals surface area contributed by atoms with Gasteiger partial charge in [0.2, 0.25) is 0 Å². The maximum atomic E-state index is 12.1. The van der Waals surface area contributed by atoms with Gasteiger partial charge in [-0.2, -0.15) is 0 Å². The highest BCUT2D eigenvalue weighted by Gasteiger charge is 2.21. The summed E-state index contributed by atoms with van der Waals surface area (Å²) in [5.41, 5.74) is 1.22. The third-order valence-corrected chi connectivity index (χ3v) is 4.52. The molecule has 0 fully saturated rings. The molecule has 1 atom stereocenters. The molecule has 0 aliphatic rings. The smallest absolute Gasteiger partial charge is 0.413 e.